The van der Waals surface area contributed by atoms with Crippen LogP contribution in [0, 0.1) is 12.8 Å². The predicted octanol–water partition coefficient (Wildman–Crippen LogP) is 3.99. The monoisotopic (exact) mass is 502 g/mol. The highest BCUT2D eigenvalue weighted by Crippen LogP contribution is 2.30. The molecule has 0 bridgehead atoms. The highest BCUT2D eigenvalue weighted by atomic mass is 16.5. The van der Waals surface area contributed by atoms with Crippen LogP contribution >= 0.6 is 0 Å². The standard InChI is InChI=1S/C29H34N4O4/c1-19-15-22(25-7-2-3-8-27(25)30-19)18-37-24-11-9-20(10-12-24)29(35)31-26-13-14-33(23-5-4-6-23)17-21(26)16-28(34)32-36/h2-3,7-12,15,21,23,26,36H,4-6,13-14,16-18H2,1H3,(H,31,35)(H,32,34)/t21-,26+/m0/s1. The normalized spacial score (nSPS) is 20.3. The van der Waals surface area contributed by atoms with E-state index in [0.29, 0.717) is 24.0 Å². The second-order valence-corrected chi connectivity index (χ2v) is 10.2. The van der Waals surface area contributed by atoms with Crippen molar-refractivity contribution in [2.24, 2.45) is 5.92 Å². The lowest BCUT2D eigenvalue weighted by molar-refractivity contribution is -0.131. The number of aromatic nitrogens is 1. The number of hydrogen-bond donors (Lipinski definition) is 3. The van der Waals surface area contributed by atoms with Gasteiger partial charge in [0.2, 0.25) is 5.91 Å². The molecule has 2 aliphatic rings. The number of pyridine rings is 1. The number of piperidine rings is 1. The van der Waals surface area contributed by atoms with Crippen molar-refractivity contribution in [2.45, 2.75) is 57.7 Å². The van der Waals surface area contributed by atoms with Crippen LogP contribution in [0.4, 0.5) is 0 Å². The number of para-hydroxylation sites is 1. The smallest absolute Gasteiger partial charge is 0.251 e. The summed E-state index contributed by atoms with van der Waals surface area (Å²) in [7, 11) is 0. The maximum atomic E-state index is 13.0. The number of ether oxygens (including phenoxy) is 1. The Labute approximate surface area is 217 Å². The minimum atomic E-state index is -0.418. The van der Waals surface area contributed by atoms with Gasteiger partial charge in [0.25, 0.3) is 5.91 Å². The number of nitrogens with one attached hydrogen (secondary N) is 2. The molecule has 8 heteroatoms. The number of benzene rings is 2. The van der Waals surface area contributed by atoms with E-state index in [4.69, 9.17) is 9.94 Å². The van der Waals surface area contributed by atoms with Gasteiger partial charge in [0.05, 0.1) is 5.52 Å². The number of likely N-dealkylation sites (tertiary alicyclic amines) is 1. The lowest BCUT2D eigenvalue weighted by Gasteiger charge is -2.45. The summed E-state index contributed by atoms with van der Waals surface area (Å²) in [6.45, 7) is 4.03. The zero-order valence-corrected chi connectivity index (χ0v) is 21.2. The first-order valence-electron chi connectivity index (χ1n) is 13.1. The highest BCUT2D eigenvalue weighted by Gasteiger charge is 2.36. The maximum absolute atomic E-state index is 13.0. The van der Waals surface area contributed by atoms with Crippen LogP contribution in [0.15, 0.2) is 54.6 Å². The first-order valence-corrected chi connectivity index (χ1v) is 13.1. The maximum Gasteiger partial charge on any atom is 0.251 e. The average Bonchev–Trinajstić information content (AvgIpc) is 2.87. The number of aryl methyl sites for hydroxylation is 1. The zero-order valence-electron chi connectivity index (χ0n) is 21.2. The SMILES string of the molecule is Cc1cc(COc2ccc(C(=O)N[C@@H]3CCN(C4CCC4)C[C@@H]3CC(=O)NO)cc2)c2ccccc2n1. The van der Waals surface area contributed by atoms with E-state index in [0.717, 1.165) is 41.7 Å². The third kappa shape index (κ3) is 5.92. The van der Waals surface area contributed by atoms with Gasteiger partial charge in [-0.2, -0.15) is 0 Å². The number of rotatable bonds is 8. The predicted molar refractivity (Wildman–Crippen MR) is 140 cm³/mol. The first-order chi connectivity index (χ1) is 18.0. The Balaban J connectivity index is 1.20. The summed E-state index contributed by atoms with van der Waals surface area (Å²) >= 11 is 0. The summed E-state index contributed by atoms with van der Waals surface area (Å²) in [6.07, 6.45) is 4.61. The Kier molecular flexibility index (Phi) is 7.67. The molecule has 2 aromatic carbocycles. The van der Waals surface area contributed by atoms with E-state index in [9.17, 15) is 9.59 Å². The molecule has 2 atom stereocenters. The van der Waals surface area contributed by atoms with Gasteiger partial charge in [-0.05, 0) is 62.6 Å². The van der Waals surface area contributed by atoms with Gasteiger partial charge in [-0.25, -0.2) is 5.48 Å². The van der Waals surface area contributed by atoms with Gasteiger partial charge in [0.1, 0.15) is 12.4 Å². The highest BCUT2D eigenvalue weighted by molar-refractivity contribution is 5.94. The molecule has 1 saturated carbocycles. The molecule has 5 rings (SSSR count). The number of hydrogen-bond acceptors (Lipinski definition) is 6. The molecule has 1 aromatic heterocycles. The number of carbonyl (C=O) groups excluding carboxylic acids is 2. The van der Waals surface area contributed by atoms with E-state index in [1.165, 1.54) is 19.3 Å². The van der Waals surface area contributed by atoms with E-state index in [-0.39, 0.29) is 24.3 Å². The number of amides is 2. The van der Waals surface area contributed by atoms with Gasteiger partial charge in [-0.3, -0.25) is 24.7 Å². The molecular formula is C29H34N4O4. The minimum Gasteiger partial charge on any atom is -0.489 e. The van der Waals surface area contributed by atoms with Gasteiger partial charge in [-0.15, -0.1) is 0 Å². The topological polar surface area (TPSA) is 104 Å². The summed E-state index contributed by atoms with van der Waals surface area (Å²) in [5.74, 6) is 0.0466. The molecule has 0 radical (unpaired) electrons. The summed E-state index contributed by atoms with van der Waals surface area (Å²) in [4.78, 5) is 32.0. The van der Waals surface area contributed by atoms with Crippen molar-refractivity contribution in [3.05, 3.63) is 71.4 Å². The van der Waals surface area contributed by atoms with E-state index in [2.05, 4.69) is 15.2 Å². The van der Waals surface area contributed by atoms with Crippen molar-refractivity contribution < 1.29 is 19.5 Å². The van der Waals surface area contributed by atoms with Gasteiger partial charge in [0.15, 0.2) is 0 Å². The van der Waals surface area contributed by atoms with Gasteiger partial charge in [-0.1, -0.05) is 24.6 Å². The van der Waals surface area contributed by atoms with Crippen LogP contribution in [-0.2, 0) is 11.4 Å². The zero-order chi connectivity index (χ0) is 25.8. The van der Waals surface area contributed by atoms with Gasteiger partial charge in [0, 0.05) is 59.7 Å². The molecule has 2 fully saturated rings. The molecule has 1 saturated heterocycles. The summed E-state index contributed by atoms with van der Waals surface area (Å²) in [5.41, 5.74) is 5.24. The fraction of sp³-hybridized carbons (Fsp3) is 0.414. The van der Waals surface area contributed by atoms with Gasteiger partial charge < -0.3 is 10.1 Å². The molecule has 0 spiro atoms. The Morgan fingerprint density at radius 1 is 1.11 bits per heavy atom. The molecule has 194 valence electrons. The molecule has 0 unspecified atom stereocenters. The van der Waals surface area contributed by atoms with Crippen molar-refractivity contribution >= 4 is 22.7 Å². The Hall–Kier alpha value is -3.49. The molecule has 37 heavy (non-hydrogen) atoms. The van der Waals surface area contributed by atoms with Crippen LogP contribution in [0.1, 0.15) is 53.7 Å². The number of fused-ring (bicyclic) bond motifs is 1. The lowest BCUT2D eigenvalue weighted by Crippen LogP contribution is -2.55. The Bertz CT molecular complexity index is 1260. The second kappa shape index (κ2) is 11.3. The third-order valence-corrected chi connectivity index (χ3v) is 7.69. The summed E-state index contributed by atoms with van der Waals surface area (Å²) < 4.78 is 6.03. The summed E-state index contributed by atoms with van der Waals surface area (Å²) in [6, 6.07) is 17.6. The van der Waals surface area contributed by atoms with Crippen molar-refractivity contribution in [1.29, 1.82) is 0 Å². The van der Waals surface area contributed by atoms with Crippen LogP contribution in [0.5, 0.6) is 5.75 Å². The lowest BCUT2D eigenvalue weighted by atomic mass is 9.84. The van der Waals surface area contributed by atoms with Gasteiger partial charge >= 0.3 is 0 Å². The third-order valence-electron chi connectivity index (χ3n) is 7.69. The average molecular weight is 503 g/mol. The number of hydroxylamine groups is 1. The summed E-state index contributed by atoms with van der Waals surface area (Å²) in [5, 5.41) is 13.2. The van der Waals surface area contributed by atoms with E-state index < -0.39 is 5.91 Å². The molecule has 1 aliphatic heterocycles. The van der Waals surface area contributed by atoms with Crippen LogP contribution in [-0.4, -0.2) is 52.1 Å². The molecule has 8 nitrogen and oxygen atoms in total. The fourth-order valence-electron chi connectivity index (χ4n) is 5.45. The molecule has 2 heterocycles. The van der Waals surface area contributed by atoms with E-state index >= 15 is 0 Å². The minimum absolute atomic E-state index is 0.0494. The van der Waals surface area contributed by atoms with Crippen LogP contribution in [0.25, 0.3) is 10.9 Å². The molecular weight excluding hydrogens is 468 g/mol. The van der Waals surface area contributed by atoms with Crippen LogP contribution in [0.2, 0.25) is 0 Å². The van der Waals surface area contributed by atoms with Crippen LogP contribution in [0.3, 0.4) is 0 Å². The van der Waals surface area contributed by atoms with E-state index in [1.54, 1.807) is 29.7 Å². The number of nitrogens with zero attached hydrogens (tertiary/aromatic N) is 2. The van der Waals surface area contributed by atoms with Crippen molar-refractivity contribution in [1.82, 2.24) is 20.7 Å². The Morgan fingerprint density at radius 2 is 1.89 bits per heavy atom. The fourth-order valence-corrected chi connectivity index (χ4v) is 5.45. The van der Waals surface area contributed by atoms with Crippen LogP contribution < -0.4 is 15.5 Å². The van der Waals surface area contributed by atoms with Crippen molar-refractivity contribution in [2.75, 3.05) is 13.1 Å². The molecule has 3 aromatic rings. The number of carbonyl (C=O) groups is 2. The molecule has 2 amide bonds. The Morgan fingerprint density at radius 3 is 2.62 bits per heavy atom. The van der Waals surface area contributed by atoms with Crippen molar-refractivity contribution in [3.8, 4) is 5.75 Å². The van der Waals surface area contributed by atoms with Crippen molar-refractivity contribution in [3.63, 3.8) is 0 Å². The van der Waals surface area contributed by atoms with E-state index in [1.807, 2.05) is 37.3 Å². The largest absolute Gasteiger partial charge is 0.489 e. The molecule has 3 N–H and O–H groups in total. The second-order valence-electron chi connectivity index (χ2n) is 10.2. The first kappa shape index (κ1) is 25.2. The molecule has 1 aliphatic carbocycles. The quantitative estimate of drug-likeness (QED) is 0.318.